The predicted molar refractivity (Wildman–Crippen MR) is 159 cm³/mol. The summed E-state index contributed by atoms with van der Waals surface area (Å²) in [6.07, 6.45) is 1.93. The summed E-state index contributed by atoms with van der Waals surface area (Å²) < 4.78 is 37.6. The highest BCUT2D eigenvalue weighted by atomic mass is 32.2. The van der Waals surface area contributed by atoms with Gasteiger partial charge in [0.05, 0.1) is 53.2 Å². The van der Waals surface area contributed by atoms with Gasteiger partial charge in [0.25, 0.3) is 0 Å². The van der Waals surface area contributed by atoms with Crippen molar-refractivity contribution in [2.75, 3.05) is 37.1 Å². The van der Waals surface area contributed by atoms with E-state index in [1.807, 2.05) is 0 Å². The number of nitriles is 1. The lowest BCUT2D eigenvalue weighted by Gasteiger charge is -2.38. The lowest BCUT2D eigenvalue weighted by molar-refractivity contribution is -0.139. The third kappa shape index (κ3) is 5.46. The van der Waals surface area contributed by atoms with E-state index in [0.717, 1.165) is 45.8 Å². The molecule has 11 heteroatoms. The molecule has 2 N–H and O–H groups in total. The van der Waals surface area contributed by atoms with Crippen molar-refractivity contribution in [3.8, 4) is 6.07 Å². The van der Waals surface area contributed by atoms with Gasteiger partial charge < -0.3 is 20.1 Å². The van der Waals surface area contributed by atoms with Crippen LogP contribution in [0.5, 0.6) is 0 Å². The lowest BCUT2D eigenvalue weighted by Crippen LogP contribution is -2.41. The van der Waals surface area contributed by atoms with Crippen LogP contribution in [-0.2, 0) is 28.9 Å². The van der Waals surface area contributed by atoms with E-state index in [2.05, 4.69) is 17.9 Å². The number of rotatable bonds is 7. The van der Waals surface area contributed by atoms with Crippen molar-refractivity contribution in [2.24, 2.45) is 11.7 Å². The van der Waals surface area contributed by atoms with Crippen LogP contribution in [0.3, 0.4) is 0 Å². The number of piperidine rings is 1. The van der Waals surface area contributed by atoms with Crippen LogP contribution in [0.25, 0.3) is 0 Å². The fourth-order valence-electron chi connectivity index (χ4n) is 5.40. The minimum Gasteiger partial charge on any atom is -0.466 e. The molecular weight excluding hydrogens is 556 g/mol. The van der Waals surface area contributed by atoms with Crippen molar-refractivity contribution < 1.29 is 27.5 Å². The average molecular weight is 593 g/mol. The molecule has 2 aliphatic rings. The molecule has 0 aromatic heterocycles. The topological polar surface area (TPSA) is 143 Å². The van der Waals surface area contributed by atoms with Crippen LogP contribution in [0.4, 0.5) is 11.4 Å². The molecule has 0 saturated carbocycles. The zero-order valence-electron chi connectivity index (χ0n) is 24.5. The summed E-state index contributed by atoms with van der Waals surface area (Å²) in [6.45, 7) is 6.81. The van der Waals surface area contributed by atoms with Crippen molar-refractivity contribution in [1.82, 2.24) is 0 Å². The molecule has 1 unspecified atom stereocenters. The maximum atomic E-state index is 13.7. The Labute approximate surface area is 246 Å². The molecule has 0 radical (unpaired) electrons. The Hall–Kier alpha value is -4.30. The number of carbonyl (C=O) groups excluding carboxylic acids is 2. The first-order valence-corrected chi connectivity index (χ1v) is 15.3. The van der Waals surface area contributed by atoms with E-state index < -0.39 is 32.9 Å². The highest BCUT2D eigenvalue weighted by Crippen LogP contribution is 2.45. The largest absolute Gasteiger partial charge is 0.466 e. The molecule has 42 heavy (non-hydrogen) atoms. The standard InChI is InChI=1S/C31H36N4O6S/c1-19(2)42(38,39)25-12-11-22(34-15-13-20(3)14-16-34)17-24(25)35-28(31(37)41-5)27(30(36)40-4)26(23(18-32)29(35)33)21-9-7-6-8-10-21/h6-12,17,19-20,26H,13-16,33H2,1-5H3. The fraction of sp³-hybridized carbons (Fsp3) is 0.387. The third-order valence-corrected chi connectivity index (χ3v) is 10.1. The molecule has 1 fully saturated rings. The van der Waals surface area contributed by atoms with E-state index in [1.54, 1.807) is 56.3 Å². The smallest absolute Gasteiger partial charge is 0.355 e. The molecule has 0 aliphatic carbocycles. The number of hydrogen-bond acceptors (Lipinski definition) is 10. The summed E-state index contributed by atoms with van der Waals surface area (Å²) in [5.74, 6) is -2.52. The highest BCUT2D eigenvalue weighted by molar-refractivity contribution is 7.92. The Morgan fingerprint density at radius 3 is 2.19 bits per heavy atom. The number of hydrogen-bond donors (Lipinski definition) is 1. The second-order valence-electron chi connectivity index (χ2n) is 10.8. The Kier molecular flexibility index (Phi) is 8.97. The molecular formula is C31H36N4O6S. The summed E-state index contributed by atoms with van der Waals surface area (Å²) in [5, 5.41) is 9.57. The first-order chi connectivity index (χ1) is 20.0. The zero-order chi connectivity index (χ0) is 30.8. The van der Waals surface area contributed by atoms with Gasteiger partial charge in [-0.3, -0.25) is 4.90 Å². The Balaban J connectivity index is 2.10. The third-order valence-electron chi connectivity index (χ3n) is 7.87. The van der Waals surface area contributed by atoms with Gasteiger partial charge in [-0.25, -0.2) is 18.0 Å². The normalized spacial score (nSPS) is 18.3. The number of carbonyl (C=O) groups is 2. The number of nitrogens with zero attached hydrogens (tertiary/aromatic N) is 3. The highest BCUT2D eigenvalue weighted by Gasteiger charge is 2.44. The van der Waals surface area contributed by atoms with E-state index in [-0.39, 0.29) is 33.2 Å². The Bertz CT molecular complexity index is 1580. The number of sulfone groups is 1. The van der Waals surface area contributed by atoms with Crippen molar-refractivity contribution in [3.63, 3.8) is 0 Å². The summed E-state index contributed by atoms with van der Waals surface area (Å²) in [5.41, 5.74) is 7.43. The maximum Gasteiger partial charge on any atom is 0.355 e. The van der Waals surface area contributed by atoms with Crippen LogP contribution in [0.2, 0.25) is 0 Å². The van der Waals surface area contributed by atoms with Gasteiger partial charge in [0.1, 0.15) is 11.5 Å². The molecule has 0 spiro atoms. The number of allylic oxidation sites excluding steroid dienone is 1. The van der Waals surface area contributed by atoms with Gasteiger partial charge in [-0.05, 0) is 56.4 Å². The summed E-state index contributed by atoms with van der Waals surface area (Å²) in [7, 11) is -1.62. The molecule has 0 bridgehead atoms. The van der Waals surface area contributed by atoms with E-state index in [4.69, 9.17) is 15.2 Å². The van der Waals surface area contributed by atoms with Gasteiger partial charge in [-0.2, -0.15) is 5.26 Å². The SMILES string of the molecule is COC(=O)C1=C(C(=O)OC)N(c2cc(N3CCC(C)CC3)ccc2S(=O)(=O)C(C)C)C(N)=C(C#N)C1c1ccccc1. The minimum absolute atomic E-state index is 0.0402. The second kappa shape index (κ2) is 12.3. The number of methoxy groups -OCH3 is 2. The van der Waals surface area contributed by atoms with Crippen molar-refractivity contribution >= 4 is 33.2 Å². The predicted octanol–water partition coefficient (Wildman–Crippen LogP) is 4.00. The van der Waals surface area contributed by atoms with Gasteiger partial charge in [-0.1, -0.05) is 37.3 Å². The van der Waals surface area contributed by atoms with E-state index in [9.17, 15) is 23.3 Å². The fourth-order valence-corrected chi connectivity index (χ4v) is 6.61. The molecule has 10 nitrogen and oxygen atoms in total. The van der Waals surface area contributed by atoms with Crippen molar-refractivity contribution in [3.05, 3.63) is 76.8 Å². The number of nitrogens with two attached hydrogens (primary N) is 1. The van der Waals surface area contributed by atoms with Crippen molar-refractivity contribution in [2.45, 2.75) is 49.7 Å². The zero-order valence-corrected chi connectivity index (χ0v) is 25.3. The molecule has 1 atom stereocenters. The van der Waals surface area contributed by atoms with Gasteiger partial charge in [0.15, 0.2) is 9.84 Å². The van der Waals surface area contributed by atoms with Crippen LogP contribution in [0, 0.1) is 17.2 Å². The van der Waals surface area contributed by atoms with E-state index >= 15 is 0 Å². The quantitative estimate of drug-likeness (QED) is 0.469. The summed E-state index contributed by atoms with van der Waals surface area (Å²) in [6, 6.07) is 15.6. The second-order valence-corrected chi connectivity index (χ2v) is 13.2. The monoisotopic (exact) mass is 592 g/mol. The number of anilines is 2. The average Bonchev–Trinajstić information content (AvgIpc) is 3.00. The Morgan fingerprint density at radius 2 is 1.64 bits per heavy atom. The minimum atomic E-state index is -3.94. The van der Waals surface area contributed by atoms with E-state index in [0.29, 0.717) is 11.5 Å². The Morgan fingerprint density at radius 1 is 1.02 bits per heavy atom. The van der Waals surface area contributed by atoms with E-state index in [1.165, 1.54) is 11.0 Å². The van der Waals surface area contributed by atoms with Gasteiger partial charge in [-0.15, -0.1) is 0 Å². The molecule has 2 aromatic carbocycles. The first kappa shape index (κ1) is 30.7. The van der Waals surface area contributed by atoms with Crippen LogP contribution in [0.1, 0.15) is 45.1 Å². The number of ether oxygens (including phenoxy) is 2. The molecule has 2 aliphatic heterocycles. The lowest BCUT2D eigenvalue weighted by atomic mass is 9.81. The molecule has 0 amide bonds. The van der Waals surface area contributed by atoms with Gasteiger partial charge >= 0.3 is 11.9 Å². The van der Waals surface area contributed by atoms with Crippen molar-refractivity contribution in [1.29, 1.82) is 5.26 Å². The molecule has 1 saturated heterocycles. The maximum absolute atomic E-state index is 13.7. The van der Waals surface area contributed by atoms with Crippen LogP contribution >= 0.6 is 0 Å². The van der Waals surface area contributed by atoms with Gasteiger partial charge in [0.2, 0.25) is 0 Å². The number of esters is 2. The first-order valence-electron chi connectivity index (χ1n) is 13.8. The van der Waals surface area contributed by atoms with Gasteiger partial charge in [0, 0.05) is 18.8 Å². The van der Waals surface area contributed by atoms with Crippen LogP contribution in [0.15, 0.2) is 76.1 Å². The number of benzene rings is 2. The molecule has 2 heterocycles. The van der Waals surface area contributed by atoms with Crippen LogP contribution < -0.4 is 15.5 Å². The van der Waals surface area contributed by atoms with Crippen LogP contribution in [-0.4, -0.2) is 52.9 Å². The summed E-state index contributed by atoms with van der Waals surface area (Å²) in [4.78, 5) is 30.2. The molecule has 4 rings (SSSR count). The summed E-state index contributed by atoms with van der Waals surface area (Å²) >= 11 is 0. The molecule has 2 aromatic rings. The molecule has 222 valence electrons.